The molecular weight excluding hydrogens is 378 g/mol. The van der Waals surface area contributed by atoms with E-state index < -0.39 is 0 Å². The fourth-order valence-corrected chi connectivity index (χ4v) is 3.79. The molecule has 2 N–H and O–H groups in total. The third-order valence-corrected chi connectivity index (χ3v) is 5.31. The number of anilines is 1. The number of hydrogen-bond donors (Lipinski definition) is 2. The van der Waals surface area contributed by atoms with Gasteiger partial charge < -0.3 is 10.0 Å². The average molecular weight is 401 g/mol. The number of hydrazone groups is 1. The summed E-state index contributed by atoms with van der Waals surface area (Å²) in [6.07, 6.45) is 3.49. The topological polar surface area (TPSA) is 82.0 Å². The number of phenolic OH excluding ortho intramolecular Hbond substituents is 1. The molecule has 0 bridgehead atoms. The molecule has 6 nitrogen and oxygen atoms in total. The second-order valence-electron chi connectivity index (χ2n) is 7.29. The van der Waals surface area contributed by atoms with E-state index >= 15 is 0 Å². The SMILES string of the molecule is O=C(CCC(=O)N1CCCc2ccccc21)N/N=C/c1c(O)ccc2ccccc12. The maximum atomic E-state index is 12.6. The Morgan fingerprint density at radius 2 is 1.83 bits per heavy atom. The number of carbonyl (C=O) groups excluding carboxylic acids is 2. The van der Waals surface area contributed by atoms with E-state index in [1.54, 1.807) is 11.0 Å². The minimum Gasteiger partial charge on any atom is -0.507 e. The predicted molar refractivity (Wildman–Crippen MR) is 118 cm³/mol. The van der Waals surface area contributed by atoms with Gasteiger partial charge in [0.05, 0.1) is 6.21 Å². The lowest BCUT2D eigenvalue weighted by atomic mass is 10.0. The summed E-state index contributed by atoms with van der Waals surface area (Å²) in [6.45, 7) is 0.677. The normalized spacial score (nSPS) is 13.4. The van der Waals surface area contributed by atoms with E-state index in [0.717, 1.165) is 29.3 Å². The Hall–Kier alpha value is -3.67. The minimum absolute atomic E-state index is 0.0519. The van der Waals surface area contributed by atoms with Crippen molar-refractivity contribution in [2.75, 3.05) is 11.4 Å². The highest BCUT2D eigenvalue weighted by atomic mass is 16.3. The van der Waals surface area contributed by atoms with Crippen LogP contribution in [0.15, 0.2) is 65.8 Å². The molecule has 6 heteroatoms. The van der Waals surface area contributed by atoms with Crippen LogP contribution in [0.2, 0.25) is 0 Å². The lowest BCUT2D eigenvalue weighted by Gasteiger charge is -2.29. The van der Waals surface area contributed by atoms with Crippen LogP contribution < -0.4 is 10.3 Å². The average Bonchev–Trinajstić information content (AvgIpc) is 2.78. The Kier molecular flexibility index (Phi) is 5.75. The number of aryl methyl sites for hydroxylation is 1. The molecule has 0 unspecified atom stereocenters. The van der Waals surface area contributed by atoms with Crippen LogP contribution in [-0.4, -0.2) is 29.7 Å². The number of rotatable bonds is 5. The number of aromatic hydroxyl groups is 1. The third kappa shape index (κ3) is 4.17. The van der Waals surface area contributed by atoms with Crippen molar-refractivity contribution in [3.8, 4) is 5.75 Å². The van der Waals surface area contributed by atoms with E-state index in [1.165, 1.54) is 11.8 Å². The molecule has 3 aromatic rings. The van der Waals surface area contributed by atoms with Crippen molar-refractivity contribution >= 4 is 34.5 Å². The van der Waals surface area contributed by atoms with Crippen LogP contribution in [0.25, 0.3) is 10.8 Å². The number of amides is 2. The molecule has 0 spiro atoms. The third-order valence-electron chi connectivity index (χ3n) is 5.31. The van der Waals surface area contributed by atoms with Crippen LogP contribution in [0.3, 0.4) is 0 Å². The van der Waals surface area contributed by atoms with Gasteiger partial charge in [0, 0.05) is 30.6 Å². The van der Waals surface area contributed by atoms with Gasteiger partial charge in [0.15, 0.2) is 0 Å². The van der Waals surface area contributed by atoms with Gasteiger partial charge in [0.1, 0.15) is 5.75 Å². The Bertz CT molecular complexity index is 1120. The van der Waals surface area contributed by atoms with Crippen molar-refractivity contribution in [2.24, 2.45) is 5.10 Å². The molecule has 2 amide bonds. The lowest BCUT2D eigenvalue weighted by molar-refractivity contribution is -0.125. The fraction of sp³-hybridized carbons (Fsp3) is 0.208. The minimum atomic E-state index is -0.343. The van der Waals surface area contributed by atoms with Gasteiger partial charge in [-0.3, -0.25) is 9.59 Å². The number of nitrogens with one attached hydrogen (secondary N) is 1. The van der Waals surface area contributed by atoms with Crippen LogP contribution >= 0.6 is 0 Å². The highest BCUT2D eigenvalue weighted by Crippen LogP contribution is 2.27. The van der Waals surface area contributed by atoms with Crippen molar-refractivity contribution < 1.29 is 14.7 Å². The molecule has 30 heavy (non-hydrogen) atoms. The maximum Gasteiger partial charge on any atom is 0.240 e. The number of hydrogen-bond acceptors (Lipinski definition) is 4. The maximum absolute atomic E-state index is 12.6. The molecule has 0 saturated carbocycles. The zero-order valence-electron chi connectivity index (χ0n) is 16.5. The summed E-state index contributed by atoms with van der Waals surface area (Å²) in [6, 6.07) is 18.9. The summed E-state index contributed by atoms with van der Waals surface area (Å²) in [5.74, 6) is -0.316. The summed E-state index contributed by atoms with van der Waals surface area (Å²) in [7, 11) is 0. The zero-order valence-corrected chi connectivity index (χ0v) is 16.5. The van der Waals surface area contributed by atoms with Crippen LogP contribution in [0.5, 0.6) is 5.75 Å². The van der Waals surface area contributed by atoms with E-state index in [-0.39, 0.29) is 30.4 Å². The number of para-hydroxylation sites is 1. The summed E-state index contributed by atoms with van der Waals surface area (Å²) in [5.41, 5.74) is 5.10. The van der Waals surface area contributed by atoms with E-state index in [4.69, 9.17) is 0 Å². The Labute approximate surface area is 174 Å². The quantitative estimate of drug-likeness (QED) is 0.505. The fourth-order valence-electron chi connectivity index (χ4n) is 3.79. The number of nitrogens with zero attached hydrogens (tertiary/aromatic N) is 2. The molecular formula is C24H23N3O3. The first-order valence-electron chi connectivity index (χ1n) is 10.0. The molecule has 0 aromatic heterocycles. The summed E-state index contributed by atoms with van der Waals surface area (Å²) >= 11 is 0. The highest BCUT2D eigenvalue weighted by molar-refractivity contribution is 6.02. The van der Waals surface area contributed by atoms with Crippen LogP contribution in [0.1, 0.15) is 30.4 Å². The molecule has 0 fully saturated rings. The molecule has 0 atom stereocenters. The first-order valence-corrected chi connectivity index (χ1v) is 10.0. The molecule has 1 aliphatic rings. The molecule has 0 saturated heterocycles. The lowest BCUT2D eigenvalue weighted by Crippen LogP contribution is -2.36. The van der Waals surface area contributed by atoms with Gasteiger partial charge in [0.2, 0.25) is 11.8 Å². The second kappa shape index (κ2) is 8.78. The van der Waals surface area contributed by atoms with E-state index in [0.29, 0.717) is 12.1 Å². The Balaban J connectivity index is 1.35. The molecule has 3 aromatic carbocycles. The van der Waals surface area contributed by atoms with Gasteiger partial charge in [-0.15, -0.1) is 0 Å². The van der Waals surface area contributed by atoms with Crippen molar-refractivity contribution in [3.05, 3.63) is 71.8 Å². The summed E-state index contributed by atoms with van der Waals surface area (Å²) in [5, 5.41) is 15.9. The first kappa shape index (κ1) is 19.6. The molecule has 1 heterocycles. The molecule has 152 valence electrons. The van der Waals surface area contributed by atoms with E-state index in [2.05, 4.69) is 10.5 Å². The molecule has 1 aliphatic heterocycles. The van der Waals surface area contributed by atoms with Crippen molar-refractivity contribution in [1.29, 1.82) is 0 Å². The van der Waals surface area contributed by atoms with Gasteiger partial charge in [-0.1, -0.05) is 48.5 Å². The molecule has 0 radical (unpaired) electrons. The van der Waals surface area contributed by atoms with Crippen molar-refractivity contribution in [2.45, 2.75) is 25.7 Å². The largest absolute Gasteiger partial charge is 0.507 e. The number of phenols is 1. The van der Waals surface area contributed by atoms with Crippen molar-refractivity contribution in [1.82, 2.24) is 5.43 Å². The highest BCUT2D eigenvalue weighted by Gasteiger charge is 2.22. The predicted octanol–water partition coefficient (Wildman–Crippen LogP) is 3.76. The smallest absolute Gasteiger partial charge is 0.240 e. The standard InChI is InChI=1S/C24H23N3O3/c28-22-12-11-17-6-1-3-9-19(17)20(22)16-25-26-23(29)13-14-24(30)27-15-5-8-18-7-2-4-10-21(18)27/h1-4,6-7,9-12,16,28H,5,8,13-15H2,(H,26,29)/b25-16+. The van der Waals surface area contributed by atoms with Gasteiger partial charge in [-0.25, -0.2) is 5.43 Å². The second-order valence-corrected chi connectivity index (χ2v) is 7.29. The first-order chi connectivity index (χ1) is 14.6. The number of fused-ring (bicyclic) bond motifs is 2. The summed E-state index contributed by atoms with van der Waals surface area (Å²) < 4.78 is 0. The van der Waals surface area contributed by atoms with Gasteiger partial charge in [-0.05, 0) is 41.3 Å². The molecule has 4 rings (SSSR count). The van der Waals surface area contributed by atoms with Gasteiger partial charge >= 0.3 is 0 Å². The van der Waals surface area contributed by atoms with Crippen LogP contribution in [-0.2, 0) is 16.0 Å². The Morgan fingerprint density at radius 3 is 2.73 bits per heavy atom. The van der Waals surface area contributed by atoms with E-state index in [9.17, 15) is 14.7 Å². The molecule has 0 aliphatic carbocycles. The van der Waals surface area contributed by atoms with Gasteiger partial charge in [0.25, 0.3) is 0 Å². The van der Waals surface area contributed by atoms with Crippen LogP contribution in [0.4, 0.5) is 5.69 Å². The van der Waals surface area contributed by atoms with Gasteiger partial charge in [-0.2, -0.15) is 5.10 Å². The summed E-state index contributed by atoms with van der Waals surface area (Å²) in [4.78, 5) is 26.5. The number of carbonyl (C=O) groups is 2. The Morgan fingerprint density at radius 1 is 1.03 bits per heavy atom. The monoisotopic (exact) mass is 401 g/mol. The van der Waals surface area contributed by atoms with Crippen molar-refractivity contribution in [3.63, 3.8) is 0 Å². The zero-order chi connectivity index (χ0) is 20.9. The van der Waals surface area contributed by atoms with E-state index in [1.807, 2.05) is 54.6 Å². The number of benzene rings is 3. The van der Waals surface area contributed by atoms with Crippen LogP contribution in [0, 0.1) is 0 Å².